The van der Waals surface area contributed by atoms with Gasteiger partial charge >= 0.3 is 0 Å². The monoisotopic (exact) mass is 325 g/mol. The van der Waals surface area contributed by atoms with E-state index in [9.17, 15) is 21.6 Å². The van der Waals surface area contributed by atoms with Crippen LogP contribution in [0.15, 0.2) is 28.0 Å². The van der Waals surface area contributed by atoms with Gasteiger partial charge in [-0.05, 0) is 25.1 Å². The number of sulfone groups is 1. The van der Waals surface area contributed by atoms with E-state index >= 15 is 0 Å². The second-order valence-electron chi connectivity index (χ2n) is 3.76. The van der Waals surface area contributed by atoms with Crippen LogP contribution in [0.3, 0.4) is 0 Å². The van der Waals surface area contributed by atoms with Gasteiger partial charge in [0.1, 0.15) is 0 Å². The van der Waals surface area contributed by atoms with E-state index in [1.807, 2.05) is 0 Å². The van der Waals surface area contributed by atoms with Crippen LogP contribution in [0.1, 0.15) is 17.3 Å². The third kappa shape index (κ3) is 4.19. The number of halogens is 1. The number of benzene rings is 1. The molecule has 1 aromatic carbocycles. The average molecular weight is 326 g/mol. The summed E-state index contributed by atoms with van der Waals surface area (Å²) in [5.74, 6) is -0.574. The van der Waals surface area contributed by atoms with Crippen molar-refractivity contribution in [3.63, 3.8) is 0 Å². The Balaban J connectivity index is 3.55. The van der Waals surface area contributed by atoms with Crippen molar-refractivity contribution in [3.8, 4) is 0 Å². The van der Waals surface area contributed by atoms with Gasteiger partial charge in [-0.2, -0.15) is 0 Å². The average Bonchev–Trinajstić information content (AvgIpc) is 2.26. The van der Waals surface area contributed by atoms with Crippen LogP contribution in [-0.4, -0.2) is 35.5 Å². The SMILES string of the molecule is CCNC(=O)c1cc(S(C)(=O)=O)cc(S(=O)(=O)Cl)c1. The van der Waals surface area contributed by atoms with Gasteiger partial charge in [-0.3, -0.25) is 4.79 Å². The van der Waals surface area contributed by atoms with E-state index in [-0.39, 0.29) is 10.5 Å². The third-order valence-electron chi connectivity index (χ3n) is 2.19. The third-order valence-corrected chi connectivity index (χ3v) is 4.61. The van der Waals surface area contributed by atoms with E-state index in [0.29, 0.717) is 6.54 Å². The van der Waals surface area contributed by atoms with Crippen molar-refractivity contribution >= 4 is 35.5 Å². The molecule has 0 heterocycles. The number of carbonyl (C=O) groups is 1. The molecule has 19 heavy (non-hydrogen) atoms. The Labute approximate surface area is 116 Å². The number of rotatable bonds is 4. The lowest BCUT2D eigenvalue weighted by Crippen LogP contribution is -2.23. The molecule has 0 unspecified atom stereocenters. The molecule has 0 aromatic heterocycles. The minimum absolute atomic E-state index is 0.0796. The molecule has 0 fully saturated rings. The normalized spacial score (nSPS) is 12.2. The van der Waals surface area contributed by atoms with Gasteiger partial charge < -0.3 is 5.32 Å². The maximum absolute atomic E-state index is 11.7. The first-order valence-corrected chi connectivity index (χ1v) is 9.34. The standard InChI is InChI=1S/C10H12ClNO5S2/c1-3-12-10(13)7-4-8(18(2,14)15)6-9(5-7)19(11,16)17/h4-6H,3H2,1-2H3,(H,12,13). The Morgan fingerprint density at radius 1 is 1.16 bits per heavy atom. The highest BCUT2D eigenvalue weighted by molar-refractivity contribution is 8.13. The number of amides is 1. The smallest absolute Gasteiger partial charge is 0.261 e. The van der Waals surface area contributed by atoms with E-state index < -0.39 is 29.7 Å². The van der Waals surface area contributed by atoms with Crippen LogP contribution in [0.4, 0.5) is 0 Å². The Bertz CT molecular complexity index is 659. The summed E-state index contributed by atoms with van der Waals surface area (Å²) >= 11 is 0. The molecule has 6 nitrogen and oxygen atoms in total. The lowest BCUT2D eigenvalue weighted by Gasteiger charge is -2.07. The summed E-state index contributed by atoms with van der Waals surface area (Å²) in [6.07, 6.45) is 0.911. The summed E-state index contributed by atoms with van der Waals surface area (Å²) in [6.45, 7) is 2.00. The van der Waals surface area contributed by atoms with Crippen LogP contribution >= 0.6 is 10.7 Å². The maximum atomic E-state index is 11.7. The van der Waals surface area contributed by atoms with Gasteiger partial charge in [-0.15, -0.1) is 0 Å². The van der Waals surface area contributed by atoms with Crippen molar-refractivity contribution in [2.45, 2.75) is 16.7 Å². The Kier molecular flexibility index (Phi) is 4.59. The van der Waals surface area contributed by atoms with Gasteiger partial charge in [-0.25, -0.2) is 16.8 Å². The number of carbonyl (C=O) groups excluding carboxylic acids is 1. The molecule has 0 radical (unpaired) electrons. The first-order valence-electron chi connectivity index (χ1n) is 5.13. The molecule has 1 N–H and O–H groups in total. The maximum Gasteiger partial charge on any atom is 0.261 e. The van der Waals surface area contributed by atoms with Crippen molar-refractivity contribution in [3.05, 3.63) is 23.8 Å². The molecular formula is C10H12ClNO5S2. The van der Waals surface area contributed by atoms with Crippen molar-refractivity contribution in [2.24, 2.45) is 0 Å². The van der Waals surface area contributed by atoms with Crippen LogP contribution < -0.4 is 5.32 Å². The van der Waals surface area contributed by atoms with Crippen LogP contribution in [0.25, 0.3) is 0 Å². The molecule has 0 aliphatic rings. The van der Waals surface area contributed by atoms with Gasteiger partial charge in [0.25, 0.3) is 15.0 Å². The summed E-state index contributed by atoms with van der Waals surface area (Å²) in [5, 5.41) is 2.45. The molecule has 1 aromatic rings. The van der Waals surface area contributed by atoms with E-state index in [1.54, 1.807) is 6.92 Å². The molecular weight excluding hydrogens is 314 g/mol. The van der Waals surface area contributed by atoms with Crippen molar-refractivity contribution < 1.29 is 21.6 Å². The van der Waals surface area contributed by atoms with E-state index in [0.717, 1.165) is 24.5 Å². The van der Waals surface area contributed by atoms with Gasteiger partial charge in [0.2, 0.25) is 0 Å². The molecule has 0 aliphatic heterocycles. The number of nitrogens with one attached hydrogen (secondary N) is 1. The Morgan fingerprint density at radius 3 is 2.11 bits per heavy atom. The molecule has 1 amide bonds. The summed E-state index contributed by atoms with van der Waals surface area (Å²) in [7, 11) is -2.61. The summed E-state index contributed by atoms with van der Waals surface area (Å²) in [4.78, 5) is 10.9. The first kappa shape index (κ1) is 15.9. The van der Waals surface area contributed by atoms with E-state index in [2.05, 4.69) is 5.32 Å². The molecule has 0 bridgehead atoms. The first-order chi connectivity index (χ1) is 8.55. The lowest BCUT2D eigenvalue weighted by atomic mass is 10.2. The fraction of sp³-hybridized carbons (Fsp3) is 0.300. The summed E-state index contributed by atoms with van der Waals surface area (Å²) < 4.78 is 45.5. The van der Waals surface area contributed by atoms with Crippen LogP contribution in [0.5, 0.6) is 0 Å². The Hall–Kier alpha value is -1.12. The molecule has 1 rings (SSSR count). The van der Waals surface area contributed by atoms with E-state index in [1.165, 1.54) is 0 Å². The molecule has 106 valence electrons. The predicted molar refractivity (Wildman–Crippen MR) is 70.6 cm³/mol. The molecule has 0 saturated carbocycles. The zero-order valence-corrected chi connectivity index (χ0v) is 12.6. The van der Waals surface area contributed by atoms with Gasteiger partial charge in [0.15, 0.2) is 9.84 Å². The zero-order valence-electron chi connectivity index (χ0n) is 10.2. The topological polar surface area (TPSA) is 97.4 Å². The van der Waals surface area contributed by atoms with Gasteiger partial charge in [0.05, 0.1) is 9.79 Å². The highest BCUT2D eigenvalue weighted by Gasteiger charge is 2.19. The molecule has 9 heteroatoms. The number of hydrogen-bond donors (Lipinski definition) is 1. The highest BCUT2D eigenvalue weighted by atomic mass is 35.7. The zero-order chi connectivity index (χ0) is 14.8. The van der Waals surface area contributed by atoms with E-state index in [4.69, 9.17) is 10.7 Å². The van der Waals surface area contributed by atoms with Crippen LogP contribution in [0.2, 0.25) is 0 Å². The summed E-state index contributed by atoms with van der Waals surface area (Å²) in [5.41, 5.74) is -0.0796. The van der Waals surface area contributed by atoms with Gasteiger partial charge in [0, 0.05) is 29.0 Å². The molecule has 0 spiro atoms. The fourth-order valence-corrected chi connectivity index (χ4v) is 2.88. The number of hydrogen-bond acceptors (Lipinski definition) is 5. The van der Waals surface area contributed by atoms with Crippen molar-refractivity contribution in [1.82, 2.24) is 5.32 Å². The van der Waals surface area contributed by atoms with Crippen LogP contribution in [-0.2, 0) is 18.9 Å². The predicted octanol–water partition coefficient (Wildman–Crippen LogP) is 0.767. The minimum Gasteiger partial charge on any atom is -0.352 e. The molecule has 0 atom stereocenters. The molecule has 0 aliphatic carbocycles. The largest absolute Gasteiger partial charge is 0.352 e. The van der Waals surface area contributed by atoms with Crippen molar-refractivity contribution in [2.75, 3.05) is 12.8 Å². The Morgan fingerprint density at radius 2 is 1.68 bits per heavy atom. The second kappa shape index (κ2) is 5.48. The fourth-order valence-electron chi connectivity index (χ4n) is 1.32. The minimum atomic E-state index is -4.13. The highest BCUT2D eigenvalue weighted by Crippen LogP contribution is 2.22. The summed E-state index contributed by atoms with van der Waals surface area (Å²) in [6, 6.07) is 3.05. The van der Waals surface area contributed by atoms with Crippen LogP contribution in [0, 0.1) is 0 Å². The second-order valence-corrected chi connectivity index (χ2v) is 8.34. The lowest BCUT2D eigenvalue weighted by molar-refractivity contribution is 0.0955. The quantitative estimate of drug-likeness (QED) is 0.824. The van der Waals surface area contributed by atoms with Crippen molar-refractivity contribution in [1.29, 1.82) is 0 Å². The molecule has 0 saturated heterocycles. The van der Waals surface area contributed by atoms with Gasteiger partial charge in [-0.1, -0.05) is 0 Å².